The summed E-state index contributed by atoms with van der Waals surface area (Å²) in [4.78, 5) is 11.0. The number of hydrogen-bond acceptors (Lipinski definition) is 3. The molecule has 1 aromatic carbocycles. The maximum Gasteiger partial charge on any atom is 0.250 e. The molecule has 80 valence electrons. The number of carbonyl (C=O) groups excluding carboxylic acids is 1. The molecule has 0 bridgehead atoms. The van der Waals surface area contributed by atoms with Gasteiger partial charge >= 0.3 is 0 Å². The Morgan fingerprint density at radius 3 is 2.93 bits per heavy atom. The minimum atomic E-state index is -0.546. The molecule has 0 aliphatic heterocycles. The van der Waals surface area contributed by atoms with Crippen LogP contribution in [0.1, 0.15) is 0 Å². The second-order valence-electron chi connectivity index (χ2n) is 2.80. The molecule has 1 aromatic rings. The molecule has 0 fully saturated rings. The number of amides is 1. The number of nitrogens with one attached hydrogen (secondary N) is 1. The van der Waals surface area contributed by atoms with Crippen LogP contribution in [0.3, 0.4) is 0 Å². The quantitative estimate of drug-likeness (QED) is 0.713. The molecule has 4 nitrogen and oxygen atoms in total. The van der Waals surface area contributed by atoms with Crippen LogP contribution in [0, 0.1) is 0 Å². The van der Waals surface area contributed by atoms with Gasteiger partial charge in [0.05, 0.1) is 5.69 Å². The second kappa shape index (κ2) is 5.82. The van der Waals surface area contributed by atoms with Gasteiger partial charge in [-0.15, -0.1) is 0 Å². The number of anilines is 1. The first-order valence-electron chi connectivity index (χ1n) is 4.51. The summed E-state index contributed by atoms with van der Waals surface area (Å²) in [6.45, 7) is 3.35. The van der Waals surface area contributed by atoms with Gasteiger partial charge in [0.2, 0.25) is 5.91 Å². The topological polar surface area (TPSA) is 58.6 Å². The molecule has 4 heteroatoms. The Kier molecular flexibility index (Phi) is 4.37. The van der Waals surface area contributed by atoms with Crippen LogP contribution < -0.4 is 10.1 Å². The van der Waals surface area contributed by atoms with Crippen molar-refractivity contribution >= 4 is 11.6 Å². The minimum absolute atomic E-state index is 0.367. The maximum atomic E-state index is 11.0. The van der Waals surface area contributed by atoms with Gasteiger partial charge in [0.15, 0.2) is 0 Å². The van der Waals surface area contributed by atoms with E-state index in [2.05, 4.69) is 11.9 Å². The maximum absolute atomic E-state index is 11.0. The fourth-order valence-electron chi connectivity index (χ4n) is 1.03. The van der Waals surface area contributed by atoms with E-state index in [1.54, 1.807) is 30.3 Å². The summed E-state index contributed by atoms with van der Waals surface area (Å²) in [5.41, 5.74) is 0.540. The fraction of sp³-hybridized carbons (Fsp3) is 0.182. The van der Waals surface area contributed by atoms with Gasteiger partial charge in [-0.2, -0.15) is 0 Å². The zero-order valence-corrected chi connectivity index (χ0v) is 8.27. The van der Waals surface area contributed by atoms with Gasteiger partial charge in [-0.05, 0) is 12.1 Å². The van der Waals surface area contributed by atoms with Crippen molar-refractivity contribution < 1.29 is 14.6 Å². The van der Waals surface area contributed by atoms with Crippen molar-refractivity contribution in [2.24, 2.45) is 0 Å². The van der Waals surface area contributed by atoms with Crippen molar-refractivity contribution in [1.82, 2.24) is 0 Å². The number of rotatable bonds is 5. The standard InChI is InChI=1S/C11H13NO3/c1-2-7-15-10-6-4-3-5-9(10)12-11(14)8-13/h2-6,13H,1,7-8H2,(H,12,14). The summed E-state index contributed by atoms with van der Waals surface area (Å²) in [5.74, 6) is 0.0869. The van der Waals surface area contributed by atoms with Crippen molar-refractivity contribution in [3.05, 3.63) is 36.9 Å². The van der Waals surface area contributed by atoms with Gasteiger partial charge in [0.1, 0.15) is 19.0 Å². The molecule has 0 saturated heterocycles. The Hall–Kier alpha value is -1.81. The zero-order chi connectivity index (χ0) is 11.1. The van der Waals surface area contributed by atoms with Crippen LogP contribution >= 0.6 is 0 Å². The second-order valence-corrected chi connectivity index (χ2v) is 2.80. The highest BCUT2D eigenvalue weighted by Gasteiger charge is 2.05. The summed E-state index contributed by atoms with van der Waals surface area (Å²) in [5, 5.41) is 11.1. The van der Waals surface area contributed by atoms with Gasteiger partial charge in [-0.1, -0.05) is 24.8 Å². The number of aliphatic hydroxyl groups excluding tert-OH is 1. The van der Waals surface area contributed by atoms with E-state index >= 15 is 0 Å². The Bertz CT molecular complexity index is 349. The highest BCUT2D eigenvalue weighted by atomic mass is 16.5. The predicted octanol–water partition coefficient (Wildman–Crippen LogP) is 1.18. The molecule has 0 radical (unpaired) electrons. The van der Waals surface area contributed by atoms with Gasteiger partial charge in [-0.25, -0.2) is 0 Å². The summed E-state index contributed by atoms with van der Waals surface area (Å²) in [6, 6.07) is 7.00. The Morgan fingerprint density at radius 1 is 1.53 bits per heavy atom. The van der Waals surface area contributed by atoms with Gasteiger partial charge in [0.25, 0.3) is 0 Å². The highest BCUT2D eigenvalue weighted by molar-refractivity contribution is 5.92. The number of benzene rings is 1. The normalized spacial score (nSPS) is 9.40. The van der Waals surface area contributed by atoms with E-state index in [0.717, 1.165) is 0 Å². The molecule has 1 amide bonds. The van der Waals surface area contributed by atoms with Crippen LogP contribution in [-0.2, 0) is 4.79 Å². The van der Waals surface area contributed by atoms with Crippen LogP contribution in [0.25, 0.3) is 0 Å². The molecule has 0 spiro atoms. The van der Waals surface area contributed by atoms with E-state index in [1.807, 2.05) is 0 Å². The first-order valence-corrected chi connectivity index (χ1v) is 4.51. The monoisotopic (exact) mass is 207 g/mol. The molecule has 0 aromatic heterocycles. The molecule has 15 heavy (non-hydrogen) atoms. The van der Waals surface area contributed by atoms with Crippen LogP contribution in [-0.4, -0.2) is 24.2 Å². The van der Waals surface area contributed by atoms with E-state index < -0.39 is 12.5 Å². The molecule has 0 atom stereocenters. The van der Waals surface area contributed by atoms with E-state index in [0.29, 0.717) is 18.0 Å². The number of aliphatic hydroxyl groups is 1. The molecular weight excluding hydrogens is 194 g/mol. The van der Waals surface area contributed by atoms with Crippen LogP contribution in [0.15, 0.2) is 36.9 Å². The third kappa shape index (κ3) is 3.44. The van der Waals surface area contributed by atoms with E-state index in [9.17, 15) is 4.79 Å². The van der Waals surface area contributed by atoms with Crippen molar-refractivity contribution in [2.45, 2.75) is 0 Å². The average molecular weight is 207 g/mol. The number of hydrogen-bond donors (Lipinski definition) is 2. The molecule has 0 heterocycles. The minimum Gasteiger partial charge on any atom is -0.487 e. The lowest BCUT2D eigenvalue weighted by atomic mass is 10.3. The molecule has 0 aliphatic rings. The summed E-state index contributed by atoms with van der Waals surface area (Å²) >= 11 is 0. The van der Waals surface area contributed by atoms with E-state index in [-0.39, 0.29) is 0 Å². The molecule has 1 rings (SSSR count). The first kappa shape index (κ1) is 11.3. The van der Waals surface area contributed by atoms with Gasteiger partial charge in [-0.3, -0.25) is 4.79 Å². The number of ether oxygens (including phenoxy) is 1. The smallest absolute Gasteiger partial charge is 0.250 e. The van der Waals surface area contributed by atoms with Crippen molar-refractivity contribution in [2.75, 3.05) is 18.5 Å². The molecule has 0 unspecified atom stereocenters. The van der Waals surface area contributed by atoms with Crippen LogP contribution in [0.5, 0.6) is 5.75 Å². The zero-order valence-electron chi connectivity index (χ0n) is 8.27. The largest absolute Gasteiger partial charge is 0.487 e. The Balaban J connectivity index is 2.76. The average Bonchev–Trinajstić information content (AvgIpc) is 2.28. The predicted molar refractivity (Wildman–Crippen MR) is 57.8 cm³/mol. The van der Waals surface area contributed by atoms with E-state index in [4.69, 9.17) is 9.84 Å². The lowest BCUT2D eigenvalue weighted by Crippen LogP contribution is -2.16. The van der Waals surface area contributed by atoms with Gasteiger partial charge < -0.3 is 15.2 Å². The third-order valence-electron chi connectivity index (χ3n) is 1.66. The molecule has 2 N–H and O–H groups in total. The number of para-hydroxylation sites is 2. The van der Waals surface area contributed by atoms with Gasteiger partial charge in [0, 0.05) is 0 Å². The van der Waals surface area contributed by atoms with Crippen LogP contribution in [0.4, 0.5) is 5.69 Å². The highest BCUT2D eigenvalue weighted by Crippen LogP contribution is 2.23. The Labute approximate surface area is 88.2 Å². The first-order chi connectivity index (χ1) is 7.27. The SMILES string of the molecule is C=CCOc1ccccc1NC(=O)CO. The summed E-state index contributed by atoms with van der Waals surface area (Å²) < 4.78 is 5.32. The molecule has 0 aliphatic carbocycles. The van der Waals surface area contributed by atoms with Crippen LogP contribution in [0.2, 0.25) is 0 Å². The summed E-state index contributed by atoms with van der Waals surface area (Å²) in [6.07, 6.45) is 1.62. The number of carbonyl (C=O) groups is 1. The molecular formula is C11H13NO3. The Morgan fingerprint density at radius 2 is 2.27 bits per heavy atom. The lowest BCUT2D eigenvalue weighted by molar-refractivity contribution is -0.118. The van der Waals surface area contributed by atoms with Crippen molar-refractivity contribution in [3.8, 4) is 5.75 Å². The van der Waals surface area contributed by atoms with Crippen molar-refractivity contribution in [1.29, 1.82) is 0 Å². The van der Waals surface area contributed by atoms with E-state index in [1.165, 1.54) is 0 Å². The molecule has 0 saturated carbocycles. The third-order valence-corrected chi connectivity index (χ3v) is 1.66. The fourth-order valence-corrected chi connectivity index (χ4v) is 1.03. The lowest BCUT2D eigenvalue weighted by Gasteiger charge is -2.10. The summed E-state index contributed by atoms with van der Waals surface area (Å²) in [7, 11) is 0. The van der Waals surface area contributed by atoms with Crippen molar-refractivity contribution in [3.63, 3.8) is 0 Å².